The molecule has 1 aromatic rings. The van der Waals surface area contributed by atoms with Gasteiger partial charge in [0, 0.05) is 44.7 Å². The van der Waals surface area contributed by atoms with Crippen molar-refractivity contribution in [1.82, 2.24) is 14.6 Å². The maximum Gasteiger partial charge on any atom is 0.242 e. The first kappa shape index (κ1) is 17.2. The highest BCUT2D eigenvalue weighted by atomic mass is 32.2. The molecule has 0 aliphatic carbocycles. The Bertz CT molecular complexity index is 523. The van der Waals surface area contributed by atoms with E-state index in [0.717, 1.165) is 5.69 Å². The molecular weight excluding hydrogens is 278 g/mol. The van der Waals surface area contributed by atoms with Crippen molar-refractivity contribution in [2.75, 3.05) is 13.7 Å². The maximum absolute atomic E-state index is 12.2. The minimum atomic E-state index is -3.50. The van der Waals surface area contributed by atoms with Crippen molar-refractivity contribution in [2.24, 2.45) is 7.05 Å². The Morgan fingerprint density at radius 1 is 1.35 bits per heavy atom. The highest BCUT2D eigenvalue weighted by molar-refractivity contribution is 7.89. The summed E-state index contributed by atoms with van der Waals surface area (Å²) in [6, 6.07) is 1.78. The Morgan fingerprint density at radius 2 is 2.00 bits per heavy atom. The molecule has 1 aromatic heterocycles. The van der Waals surface area contributed by atoms with Gasteiger partial charge < -0.3 is 14.6 Å². The van der Waals surface area contributed by atoms with E-state index in [1.165, 1.54) is 0 Å². The zero-order valence-corrected chi connectivity index (χ0v) is 13.6. The number of hydrogen-bond donors (Lipinski definition) is 2. The van der Waals surface area contributed by atoms with Crippen LogP contribution in [0.4, 0.5) is 0 Å². The molecule has 1 heterocycles. The number of methoxy groups -OCH3 is 1. The Balaban J connectivity index is 2.83. The maximum atomic E-state index is 12.2. The molecule has 1 unspecified atom stereocenters. The van der Waals surface area contributed by atoms with Crippen molar-refractivity contribution >= 4 is 10.0 Å². The third kappa shape index (κ3) is 4.90. The molecule has 2 N–H and O–H groups in total. The van der Waals surface area contributed by atoms with Crippen LogP contribution in [-0.4, -0.2) is 38.8 Å². The minimum Gasteiger partial charge on any atom is -0.383 e. The number of rotatable bonds is 8. The first-order valence-electron chi connectivity index (χ1n) is 6.66. The van der Waals surface area contributed by atoms with Gasteiger partial charge in [0.2, 0.25) is 10.0 Å². The summed E-state index contributed by atoms with van der Waals surface area (Å²) in [5, 5.41) is 3.27. The molecule has 1 atom stereocenters. The average molecular weight is 303 g/mol. The fraction of sp³-hybridized carbons (Fsp3) is 0.692. The van der Waals surface area contributed by atoms with Gasteiger partial charge in [0.25, 0.3) is 0 Å². The van der Waals surface area contributed by atoms with Crippen molar-refractivity contribution in [3.63, 3.8) is 0 Å². The molecule has 116 valence electrons. The normalized spacial score (nSPS) is 13.9. The third-order valence-electron chi connectivity index (χ3n) is 2.86. The van der Waals surface area contributed by atoms with Crippen LogP contribution in [0.3, 0.4) is 0 Å². The molecule has 6 nitrogen and oxygen atoms in total. The number of sulfonamides is 1. The number of aromatic nitrogens is 1. The van der Waals surface area contributed by atoms with Gasteiger partial charge in [-0.3, -0.25) is 0 Å². The largest absolute Gasteiger partial charge is 0.383 e. The lowest BCUT2D eigenvalue weighted by atomic mass is 10.3. The number of ether oxygens (including phenoxy) is 1. The van der Waals surface area contributed by atoms with E-state index >= 15 is 0 Å². The average Bonchev–Trinajstić information content (AvgIpc) is 2.68. The predicted octanol–water partition coefficient (Wildman–Crippen LogP) is 0.836. The summed E-state index contributed by atoms with van der Waals surface area (Å²) in [5.74, 6) is 0. The second kappa shape index (κ2) is 7.21. The fourth-order valence-electron chi connectivity index (χ4n) is 1.83. The van der Waals surface area contributed by atoms with E-state index in [1.807, 2.05) is 11.6 Å². The molecular formula is C13H25N3O3S. The lowest BCUT2D eigenvalue weighted by Crippen LogP contribution is -2.35. The molecule has 0 radical (unpaired) electrons. The smallest absolute Gasteiger partial charge is 0.242 e. The highest BCUT2D eigenvalue weighted by Crippen LogP contribution is 2.14. The van der Waals surface area contributed by atoms with Gasteiger partial charge in [0.15, 0.2) is 0 Å². The van der Waals surface area contributed by atoms with Crippen molar-refractivity contribution < 1.29 is 13.2 Å². The van der Waals surface area contributed by atoms with Crippen molar-refractivity contribution in [3.05, 3.63) is 18.0 Å². The van der Waals surface area contributed by atoms with Gasteiger partial charge in [-0.2, -0.15) is 0 Å². The van der Waals surface area contributed by atoms with Crippen molar-refractivity contribution in [3.8, 4) is 0 Å². The summed E-state index contributed by atoms with van der Waals surface area (Å²) >= 11 is 0. The lowest BCUT2D eigenvalue weighted by molar-refractivity contribution is 0.180. The van der Waals surface area contributed by atoms with Crippen LogP contribution in [0.15, 0.2) is 17.2 Å². The zero-order valence-electron chi connectivity index (χ0n) is 12.8. The molecule has 0 saturated heterocycles. The Hall–Kier alpha value is -0.890. The minimum absolute atomic E-state index is 0.262. The monoisotopic (exact) mass is 303 g/mol. The molecule has 0 saturated carbocycles. The summed E-state index contributed by atoms with van der Waals surface area (Å²) in [5.41, 5.74) is 0.929. The zero-order chi connectivity index (χ0) is 15.3. The molecule has 0 fully saturated rings. The van der Waals surface area contributed by atoms with Crippen LogP contribution in [-0.2, 0) is 28.4 Å². The molecule has 0 aromatic carbocycles. The topological polar surface area (TPSA) is 72.4 Å². The molecule has 7 heteroatoms. The SMILES string of the molecule is COCC(C)NS(=O)(=O)c1cc(CNC(C)C)n(C)c1. The van der Waals surface area contributed by atoms with E-state index in [2.05, 4.69) is 23.9 Å². The molecule has 0 aliphatic rings. The standard InChI is InChI=1S/C13H25N3O3S/c1-10(2)14-7-12-6-13(8-16(12)4)20(17,18)15-11(3)9-19-5/h6,8,10-11,14-15H,7,9H2,1-5H3. The van der Waals surface area contributed by atoms with Crippen LogP contribution in [0.2, 0.25) is 0 Å². The van der Waals surface area contributed by atoms with E-state index < -0.39 is 10.0 Å². The Labute approximate surface area is 121 Å². The molecule has 0 amide bonds. The highest BCUT2D eigenvalue weighted by Gasteiger charge is 2.20. The number of nitrogens with one attached hydrogen (secondary N) is 2. The number of nitrogens with zero attached hydrogens (tertiary/aromatic N) is 1. The van der Waals surface area contributed by atoms with Crippen LogP contribution in [0.25, 0.3) is 0 Å². The van der Waals surface area contributed by atoms with Gasteiger partial charge in [-0.25, -0.2) is 13.1 Å². The van der Waals surface area contributed by atoms with Crippen LogP contribution in [0.1, 0.15) is 26.5 Å². The van der Waals surface area contributed by atoms with Crippen LogP contribution in [0, 0.1) is 0 Å². The van der Waals surface area contributed by atoms with E-state index in [9.17, 15) is 8.42 Å². The number of aryl methyl sites for hydroxylation is 1. The van der Waals surface area contributed by atoms with E-state index in [-0.39, 0.29) is 10.9 Å². The fourth-order valence-corrected chi connectivity index (χ4v) is 3.15. The van der Waals surface area contributed by atoms with Crippen LogP contribution in [0.5, 0.6) is 0 Å². The second-order valence-corrected chi connectivity index (χ2v) is 7.01. The summed E-state index contributed by atoms with van der Waals surface area (Å²) in [6.45, 7) is 6.85. The number of hydrogen-bond acceptors (Lipinski definition) is 4. The Morgan fingerprint density at radius 3 is 2.55 bits per heavy atom. The van der Waals surface area contributed by atoms with Gasteiger partial charge in [0.1, 0.15) is 0 Å². The lowest BCUT2D eigenvalue weighted by Gasteiger charge is -2.12. The van der Waals surface area contributed by atoms with E-state index in [1.54, 1.807) is 26.3 Å². The summed E-state index contributed by atoms with van der Waals surface area (Å²) in [7, 11) is -0.114. The van der Waals surface area contributed by atoms with Crippen LogP contribution < -0.4 is 10.0 Å². The summed E-state index contributed by atoms with van der Waals surface area (Å²) in [6.07, 6.45) is 1.62. The second-order valence-electron chi connectivity index (χ2n) is 5.29. The first-order valence-corrected chi connectivity index (χ1v) is 8.14. The molecule has 0 spiro atoms. The first-order chi connectivity index (χ1) is 9.26. The van der Waals surface area contributed by atoms with Crippen LogP contribution >= 0.6 is 0 Å². The predicted molar refractivity (Wildman–Crippen MR) is 79.0 cm³/mol. The van der Waals surface area contributed by atoms with E-state index in [0.29, 0.717) is 19.2 Å². The van der Waals surface area contributed by atoms with Gasteiger partial charge in [-0.05, 0) is 13.0 Å². The Kier molecular flexibility index (Phi) is 6.19. The molecule has 20 heavy (non-hydrogen) atoms. The van der Waals surface area contributed by atoms with Crippen molar-refractivity contribution in [2.45, 2.75) is 44.3 Å². The quantitative estimate of drug-likeness (QED) is 0.746. The molecule has 0 aliphatic heterocycles. The van der Waals surface area contributed by atoms with Gasteiger partial charge in [0.05, 0.1) is 11.5 Å². The van der Waals surface area contributed by atoms with Crippen molar-refractivity contribution in [1.29, 1.82) is 0 Å². The van der Waals surface area contributed by atoms with E-state index in [4.69, 9.17) is 4.74 Å². The molecule has 1 rings (SSSR count). The van der Waals surface area contributed by atoms with Gasteiger partial charge >= 0.3 is 0 Å². The third-order valence-corrected chi connectivity index (χ3v) is 4.41. The van der Waals surface area contributed by atoms with Gasteiger partial charge in [-0.1, -0.05) is 13.8 Å². The molecule has 0 bridgehead atoms. The summed E-state index contributed by atoms with van der Waals surface area (Å²) in [4.78, 5) is 0.281. The van der Waals surface area contributed by atoms with Gasteiger partial charge in [-0.15, -0.1) is 0 Å². The summed E-state index contributed by atoms with van der Waals surface area (Å²) < 4.78 is 33.8.